The van der Waals surface area contributed by atoms with Gasteiger partial charge in [-0.15, -0.1) is 6.42 Å². The van der Waals surface area contributed by atoms with Crippen molar-refractivity contribution in [1.82, 2.24) is 0 Å². The molecule has 0 saturated heterocycles. The number of aryl methyl sites for hydroxylation is 2. The van der Waals surface area contributed by atoms with Gasteiger partial charge in [-0.2, -0.15) is 0 Å². The van der Waals surface area contributed by atoms with Crippen LogP contribution in [0.15, 0.2) is 47.4 Å². The average molecular weight is 461 g/mol. The Morgan fingerprint density at radius 3 is 2.33 bits per heavy atom. The highest BCUT2D eigenvalue weighted by molar-refractivity contribution is 8.00. The molecule has 0 radical (unpaired) electrons. The van der Waals surface area contributed by atoms with E-state index in [-0.39, 0.29) is 18.4 Å². The number of fused-ring (bicyclic) bond motifs is 1. The summed E-state index contributed by atoms with van der Waals surface area (Å²) in [5.74, 6) is 2.49. The third-order valence-corrected chi connectivity index (χ3v) is 7.39. The highest BCUT2D eigenvalue weighted by Gasteiger charge is 2.20. The number of anilines is 2. The number of methoxy groups -OCH3 is 1. The standard InChI is InChI=1S/C28H32N2O2S/c1-8-15-30(20(4)17-27(31)32-7)26-14-13-25(23-11-9-10-12-24(23)26)29-33-28-21(5)18(2)16-19(3)22(28)6/h1,9-14,16,20,29H,15,17H2,2-7H3. The fourth-order valence-corrected chi connectivity index (χ4v) is 5.09. The van der Waals surface area contributed by atoms with E-state index in [0.29, 0.717) is 6.54 Å². The number of esters is 1. The summed E-state index contributed by atoms with van der Waals surface area (Å²) in [4.78, 5) is 15.2. The first-order valence-corrected chi connectivity index (χ1v) is 11.9. The Bertz CT molecular complexity index is 1190. The second-order valence-electron chi connectivity index (χ2n) is 8.43. The summed E-state index contributed by atoms with van der Waals surface area (Å²) in [6, 6.07) is 14.6. The first kappa shape index (κ1) is 24.5. The van der Waals surface area contributed by atoms with Gasteiger partial charge in [-0.1, -0.05) is 36.3 Å². The van der Waals surface area contributed by atoms with Crippen LogP contribution in [0.25, 0.3) is 10.8 Å². The lowest BCUT2D eigenvalue weighted by Gasteiger charge is -2.30. The summed E-state index contributed by atoms with van der Waals surface area (Å²) in [7, 11) is 1.41. The van der Waals surface area contributed by atoms with Gasteiger partial charge in [0.2, 0.25) is 0 Å². The lowest BCUT2D eigenvalue weighted by atomic mass is 10.0. The molecule has 5 heteroatoms. The van der Waals surface area contributed by atoms with Crippen molar-refractivity contribution >= 4 is 40.1 Å². The molecular weight excluding hydrogens is 428 g/mol. The van der Waals surface area contributed by atoms with Crippen LogP contribution < -0.4 is 9.62 Å². The van der Waals surface area contributed by atoms with Gasteiger partial charge in [-0.25, -0.2) is 0 Å². The largest absolute Gasteiger partial charge is 0.469 e. The molecule has 0 spiro atoms. The van der Waals surface area contributed by atoms with Gasteiger partial charge in [0.25, 0.3) is 0 Å². The van der Waals surface area contributed by atoms with Crippen LogP contribution in [0.4, 0.5) is 11.4 Å². The van der Waals surface area contributed by atoms with Crippen LogP contribution in [-0.2, 0) is 9.53 Å². The molecule has 1 unspecified atom stereocenters. The summed E-state index contributed by atoms with van der Waals surface area (Å²) in [5.41, 5.74) is 7.24. The highest BCUT2D eigenvalue weighted by atomic mass is 32.2. The third kappa shape index (κ3) is 5.29. The van der Waals surface area contributed by atoms with Crippen molar-refractivity contribution in [3.8, 4) is 12.3 Å². The van der Waals surface area contributed by atoms with Crippen molar-refractivity contribution in [3.05, 3.63) is 64.7 Å². The van der Waals surface area contributed by atoms with Crippen molar-refractivity contribution in [2.45, 2.75) is 52.0 Å². The van der Waals surface area contributed by atoms with Gasteiger partial charge < -0.3 is 14.4 Å². The summed E-state index contributed by atoms with van der Waals surface area (Å²) in [6.45, 7) is 11.1. The van der Waals surface area contributed by atoms with E-state index < -0.39 is 0 Å². The Labute approximate surface area is 201 Å². The van der Waals surface area contributed by atoms with E-state index in [1.807, 2.05) is 19.1 Å². The van der Waals surface area contributed by atoms with Crippen LogP contribution in [-0.4, -0.2) is 25.7 Å². The van der Waals surface area contributed by atoms with Gasteiger partial charge in [0, 0.05) is 27.4 Å². The maximum atomic E-state index is 11.9. The van der Waals surface area contributed by atoms with Gasteiger partial charge in [0.15, 0.2) is 0 Å². The molecule has 1 N–H and O–H groups in total. The van der Waals surface area contributed by atoms with Gasteiger partial charge in [-0.05, 0) is 81.0 Å². The van der Waals surface area contributed by atoms with Crippen molar-refractivity contribution in [3.63, 3.8) is 0 Å². The molecule has 0 fully saturated rings. The minimum atomic E-state index is -0.247. The molecule has 0 amide bonds. The summed E-state index contributed by atoms with van der Waals surface area (Å²) >= 11 is 1.66. The fraction of sp³-hybridized carbons (Fsp3) is 0.321. The lowest BCUT2D eigenvalue weighted by molar-refractivity contribution is -0.140. The molecule has 0 bridgehead atoms. The van der Waals surface area contributed by atoms with E-state index >= 15 is 0 Å². The molecule has 0 saturated carbocycles. The number of carbonyl (C=O) groups is 1. The number of nitrogens with one attached hydrogen (secondary N) is 1. The van der Waals surface area contributed by atoms with Crippen LogP contribution >= 0.6 is 11.9 Å². The van der Waals surface area contributed by atoms with Crippen molar-refractivity contribution in [2.75, 3.05) is 23.3 Å². The summed E-state index contributed by atoms with van der Waals surface area (Å²) in [5, 5.41) is 2.19. The fourth-order valence-electron chi connectivity index (χ4n) is 4.07. The van der Waals surface area contributed by atoms with Gasteiger partial charge in [0.05, 0.1) is 25.8 Å². The minimum absolute atomic E-state index is 0.0920. The SMILES string of the molecule is C#CCN(c1ccc(NSc2c(C)c(C)cc(C)c2C)c2ccccc12)C(C)CC(=O)OC. The zero-order valence-corrected chi connectivity index (χ0v) is 21.1. The van der Waals surface area contributed by atoms with Crippen molar-refractivity contribution in [2.24, 2.45) is 0 Å². The third-order valence-electron chi connectivity index (χ3n) is 6.25. The molecule has 0 aliphatic heterocycles. The maximum absolute atomic E-state index is 11.9. The molecule has 0 aromatic heterocycles. The Hall–Kier alpha value is -3.10. The van der Waals surface area contributed by atoms with E-state index in [0.717, 1.165) is 22.1 Å². The van der Waals surface area contributed by atoms with E-state index in [1.165, 1.54) is 34.3 Å². The number of rotatable bonds is 8. The number of benzene rings is 3. The molecule has 3 rings (SSSR count). The Morgan fingerprint density at radius 1 is 1.09 bits per heavy atom. The van der Waals surface area contributed by atoms with Crippen molar-refractivity contribution in [1.29, 1.82) is 0 Å². The Morgan fingerprint density at radius 2 is 1.73 bits per heavy atom. The number of terminal acetylenes is 1. The van der Waals surface area contributed by atoms with E-state index in [4.69, 9.17) is 11.2 Å². The van der Waals surface area contributed by atoms with Crippen LogP contribution in [0.3, 0.4) is 0 Å². The Balaban J connectivity index is 1.99. The van der Waals surface area contributed by atoms with Crippen LogP contribution in [0.5, 0.6) is 0 Å². The molecule has 0 aliphatic carbocycles. The number of ether oxygens (including phenoxy) is 1. The first-order valence-electron chi connectivity index (χ1n) is 11.1. The normalized spacial score (nSPS) is 11.7. The highest BCUT2D eigenvalue weighted by Crippen LogP contribution is 2.37. The molecule has 3 aromatic carbocycles. The smallest absolute Gasteiger partial charge is 0.307 e. The summed E-state index contributed by atoms with van der Waals surface area (Å²) < 4.78 is 8.46. The molecule has 0 heterocycles. The van der Waals surface area contributed by atoms with E-state index in [2.05, 4.69) is 73.6 Å². The zero-order valence-electron chi connectivity index (χ0n) is 20.3. The second-order valence-corrected chi connectivity index (χ2v) is 9.25. The number of nitrogens with zero attached hydrogens (tertiary/aromatic N) is 1. The summed E-state index contributed by atoms with van der Waals surface area (Å²) in [6.07, 6.45) is 5.95. The average Bonchev–Trinajstić information content (AvgIpc) is 2.81. The van der Waals surface area contributed by atoms with Crippen LogP contribution in [0.2, 0.25) is 0 Å². The van der Waals surface area contributed by atoms with Crippen LogP contribution in [0, 0.1) is 40.0 Å². The van der Waals surface area contributed by atoms with Gasteiger partial charge in [0.1, 0.15) is 0 Å². The maximum Gasteiger partial charge on any atom is 0.307 e. The van der Waals surface area contributed by atoms with E-state index in [1.54, 1.807) is 11.9 Å². The van der Waals surface area contributed by atoms with Gasteiger partial charge in [-0.3, -0.25) is 4.79 Å². The van der Waals surface area contributed by atoms with Gasteiger partial charge >= 0.3 is 5.97 Å². The molecule has 3 aromatic rings. The molecule has 172 valence electrons. The van der Waals surface area contributed by atoms with Crippen molar-refractivity contribution < 1.29 is 9.53 Å². The van der Waals surface area contributed by atoms with Crippen LogP contribution in [0.1, 0.15) is 35.6 Å². The quantitative estimate of drug-likeness (QED) is 0.233. The molecule has 1 atom stereocenters. The molecule has 0 aliphatic rings. The number of hydrogen-bond donors (Lipinski definition) is 1. The molecule has 4 nitrogen and oxygen atoms in total. The lowest BCUT2D eigenvalue weighted by Crippen LogP contribution is -2.35. The zero-order chi connectivity index (χ0) is 24.1. The predicted octanol–water partition coefficient (Wildman–Crippen LogP) is 6.58. The number of hydrogen-bond acceptors (Lipinski definition) is 5. The van der Waals surface area contributed by atoms with E-state index in [9.17, 15) is 4.79 Å². The minimum Gasteiger partial charge on any atom is -0.469 e. The topological polar surface area (TPSA) is 41.6 Å². The molecule has 33 heavy (non-hydrogen) atoms. The number of carbonyl (C=O) groups excluding carboxylic acids is 1. The second kappa shape index (κ2) is 10.7. The monoisotopic (exact) mass is 460 g/mol. The predicted molar refractivity (Wildman–Crippen MR) is 141 cm³/mol. The first-order chi connectivity index (χ1) is 15.8. The molecular formula is C28H32N2O2S. The Kier molecular flexibility index (Phi) is 7.94.